The molecule has 0 bridgehead atoms. The molecule has 2 aromatic rings. The molecule has 1 atom stereocenters. The molecule has 1 aromatic carbocycles. The number of primary amides is 1. The molecule has 1 unspecified atom stereocenters. The predicted octanol–water partition coefficient (Wildman–Crippen LogP) is 2.06. The SMILES string of the molecule is CC(NCCC[CH]COc1ccc2cnccc2c1)C(N)=O. The van der Waals surface area contributed by atoms with Crippen LogP contribution < -0.4 is 15.8 Å². The van der Waals surface area contributed by atoms with Crippen molar-refractivity contribution in [3.63, 3.8) is 0 Å². The number of pyridine rings is 1. The second-order valence-electron chi connectivity index (χ2n) is 5.20. The number of benzene rings is 1. The topological polar surface area (TPSA) is 77.2 Å². The van der Waals surface area contributed by atoms with Gasteiger partial charge in [-0.05, 0) is 62.4 Å². The molecular weight excluding hydrogens is 278 g/mol. The minimum Gasteiger partial charge on any atom is -0.493 e. The van der Waals surface area contributed by atoms with E-state index >= 15 is 0 Å². The number of rotatable bonds is 9. The van der Waals surface area contributed by atoms with E-state index in [-0.39, 0.29) is 11.9 Å². The van der Waals surface area contributed by atoms with Gasteiger partial charge in [0.1, 0.15) is 5.75 Å². The van der Waals surface area contributed by atoms with E-state index in [0.29, 0.717) is 6.61 Å². The number of hydrogen-bond donors (Lipinski definition) is 2. The van der Waals surface area contributed by atoms with Gasteiger partial charge in [-0.2, -0.15) is 0 Å². The van der Waals surface area contributed by atoms with Crippen LogP contribution in [0.3, 0.4) is 0 Å². The summed E-state index contributed by atoms with van der Waals surface area (Å²) in [6.07, 6.45) is 7.58. The summed E-state index contributed by atoms with van der Waals surface area (Å²) in [5.41, 5.74) is 5.17. The molecule has 0 aliphatic rings. The third-order valence-corrected chi connectivity index (χ3v) is 3.44. The number of nitrogens with two attached hydrogens (primary N) is 1. The first-order valence-corrected chi connectivity index (χ1v) is 7.48. The van der Waals surface area contributed by atoms with E-state index < -0.39 is 0 Å². The van der Waals surface area contributed by atoms with E-state index in [1.54, 1.807) is 13.1 Å². The van der Waals surface area contributed by atoms with Crippen molar-refractivity contribution in [3.8, 4) is 5.75 Å². The Bertz CT molecular complexity index is 616. The largest absolute Gasteiger partial charge is 0.493 e. The molecule has 1 amide bonds. The third kappa shape index (κ3) is 5.00. The first-order valence-electron chi connectivity index (χ1n) is 7.48. The van der Waals surface area contributed by atoms with Crippen molar-refractivity contribution in [2.45, 2.75) is 25.8 Å². The smallest absolute Gasteiger partial charge is 0.234 e. The third-order valence-electron chi connectivity index (χ3n) is 3.44. The summed E-state index contributed by atoms with van der Waals surface area (Å²) < 4.78 is 5.71. The average Bonchev–Trinajstić information content (AvgIpc) is 2.53. The van der Waals surface area contributed by atoms with E-state index in [1.807, 2.05) is 30.5 Å². The first-order chi connectivity index (χ1) is 10.7. The lowest BCUT2D eigenvalue weighted by atomic mass is 10.2. The molecule has 2 rings (SSSR count). The van der Waals surface area contributed by atoms with Crippen LogP contribution in [-0.4, -0.2) is 30.1 Å². The van der Waals surface area contributed by atoms with Crippen LogP contribution in [0.5, 0.6) is 5.75 Å². The van der Waals surface area contributed by atoms with Gasteiger partial charge in [0.05, 0.1) is 12.6 Å². The minimum absolute atomic E-state index is 0.275. The van der Waals surface area contributed by atoms with Gasteiger partial charge in [-0.15, -0.1) is 0 Å². The Labute approximate surface area is 130 Å². The summed E-state index contributed by atoms with van der Waals surface area (Å²) in [6.45, 7) is 3.11. The number of amides is 1. The van der Waals surface area contributed by atoms with Crippen LogP contribution in [0.2, 0.25) is 0 Å². The van der Waals surface area contributed by atoms with Crippen LogP contribution in [0.1, 0.15) is 19.8 Å². The van der Waals surface area contributed by atoms with Crippen LogP contribution >= 0.6 is 0 Å². The van der Waals surface area contributed by atoms with Crippen molar-refractivity contribution >= 4 is 16.7 Å². The van der Waals surface area contributed by atoms with Gasteiger partial charge in [0, 0.05) is 17.8 Å². The van der Waals surface area contributed by atoms with Crippen LogP contribution in [0, 0.1) is 6.42 Å². The summed E-state index contributed by atoms with van der Waals surface area (Å²) in [5.74, 6) is 0.536. The fraction of sp³-hybridized carbons (Fsp3) is 0.353. The van der Waals surface area contributed by atoms with Gasteiger partial charge in [-0.1, -0.05) is 0 Å². The van der Waals surface area contributed by atoms with E-state index in [2.05, 4.69) is 16.7 Å². The van der Waals surface area contributed by atoms with Gasteiger partial charge >= 0.3 is 0 Å². The molecule has 0 fully saturated rings. The molecule has 117 valence electrons. The van der Waals surface area contributed by atoms with Crippen molar-refractivity contribution in [2.75, 3.05) is 13.2 Å². The molecule has 0 saturated carbocycles. The maximum absolute atomic E-state index is 10.8. The number of carbonyl (C=O) groups is 1. The molecule has 1 aromatic heterocycles. The van der Waals surface area contributed by atoms with Crippen LogP contribution in [0.15, 0.2) is 36.7 Å². The monoisotopic (exact) mass is 300 g/mol. The molecule has 1 heterocycles. The zero-order valence-electron chi connectivity index (χ0n) is 12.8. The number of hydrogen-bond acceptors (Lipinski definition) is 4. The highest BCUT2D eigenvalue weighted by molar-refractivity contribution is 5.82. The lowest BCUT2D eigenvalue weighted by Gasteiger charge is -2.10. The number of nitrogens with one attached hydrogen (secondary N) is 1. The predicted molar refractivity (Wildman–Crippen MR) is 87.4 cm³/mol. The van der Waals surface area contributed by atoms with Gasteiger partial charge < -0.3 is 15.8 Å². The summed E-state index contributed by atoms with van der Waals surface area (Å²) in [5, 5.41) is 5.30. The summed E-state index contributed by atoms with van der Waals surface area (Å²) in [4.78, 5) is 14.9. The van der Waals surface area contributed by atoms with Crippen LogP contribution in [0.4, 0.5) is 0 Å². The summed E-state index contributed by atoms with van der Waals surface area (Å²) in [6, 6.07) is 7.67. The zero-order valence-corrected chi connectivity index (χ0v) is 12.8. The van der Waals surface area contributed by atoms with Crippen LogP contribution in [-0.2, 0) is 4.79 Å². The Morgan fingerprint density at radius 1 is 1.41 bits per heavy atom. The molecule has 0 aliphatic carbocycles. The highest BCUT2D eigenvalue weighted by atomic mass is 16.5. The zero-order chi connectivity index (χ0) is 15.8. The number of unbranched alkanes of at least 4 members (excludes halogenated alkanes) is 2. The van der Waals surface area contributed by atoms with E-state index in [0.717, 1.165) is 35.9 Å². The number of aromatic nitrogens is 1. The molecule has 0 saturated heterocycles. The molecule has 5 nitrogen and oxygen atoms in total. The van der Waals surface area contributed by atoms with Crippen molar-refractivity contribution < 1.29 is 9.53 Å². The second-order valence-corrected chi connectivity index (χ2v) is 5.20. The van der Waals surface area contributed by atoms with E-state index in [4.69, 9.17) is 10.5 Å². The molecular formula is C17H22N3O2. The molecule has 22 heavy (non-hydrogen) atoms. The molecule has 3 N–H and O–H groups in total. The number of nitrogens with zero attached hydrogens (tertiary/aromatic N) is 1. The summed E-state index contributed by atoms with van der Waals surface area (Å²) >= 11 is 0. The Morgan fingerprint density at radius 2 is 2.27 bits per heavy atom. The number of ether oxygens (including phenoxy) is 1. The number of fused-ring (bicyclic) bond motifs is 1. The van der Waals surface area contributed by atoms with Gasteiger partial charge in [-0.25, -0.2) is 0 Å². The molecule has 5 heteroatoms. The Kier molecular flexibility index (Phi) is 6.15. The second kappa shape index (κ2) is 8.34. The molecule has 0 spiro atoms. The van der Waals surface area contributed by atoms with Crippen molar-refractivity contribution in [1.29, 1.82) is 0 Å². The maximum Gasteiger partial charge on any atom is 0.234 e. The lowest BCUT2D eigenvalue weighted by Crippen LogP contribution is -2.39. The lowest BCUT2D eigenvalue weighted by molar-refractivity contribution is -0.119. The van der Waals surface area contributed by atoms with Gasteiger partial charge in [0.15, 0.2) is 0 Å². The highest BCUT2D eigenvalue weighted by Gasteiger charge is 2.05. The van der Waals surface area contributed by atoms with E-state index in [1.165, 1.54) is 0 Å². The van der Waals surface area contributed by atoms with Crippen molar-refractivity contribution in [1.82, 2.24) is 10.3 Å². The van der Waals surface area contributed by atoms with Crippen molar-refractivity contribution in [3.05, 3.63) is 43.1 Å². The number of carbonyl (C=O) groups excluding carboxylic acids is 1. The quantitative estimate of drug-likeness (QED) is 0.695. The Morgan fingerprint density at radius 3 is 3.09 bits per heavy atom. The maximum atomic E-state index is 10.8. The van der Waals surface area contributed by atoms with Gasteiger partial charge in [-0.3, -0.25) is 9.78 Å². The minimum atomic E-state index is -0.321. The van der Waals surface area contributed by atoms with Gasteiger partial charge in [0.25, 0.3) is 0 Å². The summed E-state index contributed by atoms with van der Waals surface area (Å²) in [7, 11) is 0. The average molecular weight is 300 g/mol. The Balaban J connectivity index is 1.63. The van der Waals surface area contributed by atoms with Gasteiger partial charge in [0.2, 0.25) is 5.91 Å². The fourth-order valence-corrected chi connectivity index (χ4v) is 2.06. The normalized spacial score (nSPS) is 12.2. The van der Waals surface area contributed by atoms with Crippen molar-refractivity contribution in [2.24, 2.45) is 5.73 Å². The molecule has 0 aliphatic heterocycles. The Hall–Kier alpha value is -2.14. The van der Waals surface area contributed by atoms with E-state index in [9.17, 15) is 4.79 Å². The first kappa shape index (κ1) is 16.2. The van der Waals surface area contributed by atoms with Crippen LogP contribution in [0.25, 0.3) is 10.8 Å². The highest BCUT2D eigenvalue weighted by Crippen LogP contribution is 2.19. The fourth-order valence-electron chi connectivity index (χ4n) is 2.06. The standard InChI is InChI=1S/C17H22N3O2/c1-13(17(18)21)20-8-3-2-4-10-22-16-6-5-15-12-19-9-7-14(15)11-16/h4-7,9,11-13,20H,2-3,8,10H2,1H3,(H2,18,21). The molecule has 1 radical (unpaired) electrons.